The van der Waals surface area contributed by atoms with Gasteiger partial charge in [0.25, 0.3) is 11.4 Å². The van der Waals surface area contributed by atoms with E-state index >= 15 is 0 Å². The topological polar surface area (TPSA) is 86.3 Å². The summed E-state index contributed by atoms with van der Waals surface area (Å²) in [7, 11) is 0. The van der Waals surface area contributed by atoms with Gasteiger partial charge in [0.05, 0.1) is 21.0 Å². The van der Waals surface area contributed by atoms with Gasteiger partial charge in [0.15, 0.2) is 0 Å². The molecule has 28 heavy (non-hydrogen) atoms. The summed E-state index contributed by atoms with van der Waals surface area (Å²) >= 11 is 0. The molecule has 4 rings (SSSR count). The summed E-state index contributed by atoms with van der Waals surface area (Å²) in [6, 6.07) is 24.2. The lowest BCUT2D eigenvalue weighted by Crippen LogP contribution is -1.94. The lowest BCUT2D eigenvalue weighted by Gasteiger charge is -2.11. The van der Waals surface area contributed by atoms with E-state index in [1.807, 2.05) is 36.4 Å². The van der Waals surface area contributed by atoms with Crippen LogP contribution in [0.15, 0.2) is 84.9 Å². The molecule has 6 nitrogen and oxygen atoms in total. The summed E-state index contributed by atoms with van der Waals surface area (Å²) in [4.78, 5) is 22.1. The van der Waals surface area contributed by atoms with Crippen LogP contribution >= 0.6 is 0 Å². The van der Waals surface area contributed by atoms with Gasteiger partial charge in [-0.2, -0.15) is 0 Å². The molecule has 0 amide bonds. The number of hydrogen-bond donors (Lipinski definition) is 0. The highest BCUT2D eigenvalue weighted by molar-refractivity contribution is 6.06. The normalized spacial score (nSPS) is 10.7. The minimum absolute atomic E-state index is 0.0195. The maximum absolute atomic E-state index is 11.5. The van der Waals surface area contributed by atoms with Crippen molar-refractivity contribution in [3.05, 3.63) is 105 Å². The van der Waals surface area contributed by atoms with Gasteiger partial charge < -0.3 is 0 Å². The largest absolute Gasteiger partial charge is 0.277 e. The van der Waals surface area contributed by atoms with Crippen LogP contribution in [0.1, 0.15) is 0 Å². The number of benzene rings is 4. The van der Waals surface area contributed by atoms with Gasteiger partial charge in [0.2, 0.25) is 0 Å². The van der Waals surface area contributed by atoms with Crippen molar-refractivity contribution in [3.63, 3.8) is 0 Å². The molecular formula is C22H14N2O4. The molecule has 0 N–H and O–H groups in total. The molecule has 0 bridgehead atoms. The van der Waals surface area contributed by atoms with Crippen LogP contribution in [0.2, 0.25) is 0 Å². The number of hydrogen-bond acceptors (Lipinski definition) is 4. The first kappa shape index (κ1) is 17.4. The Hall–Kier alpha value is -4.06. The van der Waals surface area contributed by atoms with E-state index in [2.05, 4.69) is 0 Å². The van der Waals surface area contributed by atoms with Crippen molar-refractivity contribution in [1.29, 1.82) is 0 Å². The standard InChI is InChI=1S/C22H14N2O4/c25-23(26)21-13-3-1-7-19(21)17-11-5-10-16-15(17)9-6-12-18(16)20-8-2-4-14-22(20)24(27)28/h1-14H. The highest BCUT2D eigenvalue weighted by atomic mass is 16.6. The molecule has 0 aliphatic carbocycles. The fraction of sp³-hybridized carbons (Fsp3) is 0. The molecule has 0 unspecified atom stereocenters. The van der Waals surface area contributed by atoms with E-state index in [4.69, 9.17) is 0 Å². The van der Waals surface area contributed by atoms with Crippen molar-refractivity contribution >= 4 is 22.1 Å². The van der Waals surface area contributed by atoms with Gasteiger partial charge in [-0.15, -0.1) is 0 Å². The zero-order chi connectivity index (χ0) is 19.7. The van der Waals surface area contributed by atoms with E-state index < -0.39 is 9.85 Å². The van der Waals surface area contributed by atoms with Crippen LogP contribution in [-0.2, 0) is 0 Å². The number of fused-ring (bicyclic) bond motifs is 1. The third kappa shape index (κ3) is 2.87. The lowest BCUT2D eigenvalue weighted by molar-refractivity contribution is -0.384. The molecule has 4 aromatic carbocycles. The summed E-state index contributed by atoms with van der Waals surface area (Å²) < 4.78 is 0. The summed E-state index contributed by atoms with van der Waals surface area (Å²) in [5, 5.41) is 24.5. The molecule has 4 aromatic rings. The minimum atomic E-state index is -0.403. The minimum Gasteiger partial charge on any atom is -0.258 e. The summed E-state index contributed by atoms with van der Waals surface area (Å²) in [6.45, 7) is 0. The molecule has 136 valence electrons. The number of nitro groups is 2. The van der Waals surface area contributed by atoms with Gasteiger partial charge in [-0.1, -0.05) is 60.7 Å². The van der Waals surface area contributed by atoms with Crippen molar-refractivity contribution in [3.8, 4) is 22.3 Å². The Balaban J connectivity index is 2.03. The second-order valence-electron chi connectivity index (χ2n) is 6.25. The Labute approximate surface area is 160 Å². The SMILES string of the molecule is O=[N+]([O-])c1ccccc1-c1cccc2c(-c3ccccc3[N+](=O)[O-])cccc12. The molecular weight excluding hydrogens is 356 g/mol. The first-order chi connectivity index (χ1) is 13.6. The van der Waals surface area contributed by atoms with Crippen molar-refractivity contribution in [2.24, 2.45) is 0 Å². The Bertz CT molecular complexity index is 1140. The van der Waals surface area contributed by atoms with Gasteiger partial charge in [-0.3, -0.25) is 20.2 Å². The summed E-state index contributed by atoms with van der Waals surface area (Å²) in [5.41, 5.74) is 2.49. The van der Waals surface area contributed by atoms with Crippen molar-refractivity contribution < 1.29 is 9.85 Å². The van der Waals surface area contributed by atoms with E-state index in [1.165, 1.54) is 12.1 Å². The Kier molecular flexibility index (Phi) is 4.29. The van der Waals surface area contributed by atoms with Gasteiger partial charge in [-0.05, 0) is 34.0 Å². The van der Waals surface area contributed by atoms with Gasteiger partial charge in [0, 0.05) is 12.1 Å². The summed E-state index contributed by atoms with van der Waals surface area (Å²) in [6.07, 6.45) is 0. The van der Waals surface area contributed by atoms with Crippen LogP contribution in [0.5, 0.6) is 0 Å². The zero-order valence-corrected chi connectivity index (χ0v) is 14.6. The summed E-state index contributed by atoms with van der Waals surface area (Å²) in [5.74, 6) is 0. The van der Waals surface area contributed by atoms with E-state index in [-0.39, 0.29) is 11.4 Å². The molecule has 0 aliphatic rings. The molecule has 0 saturated heterocycles. The van der Waals surface area contributed by atoms with Crippen LogP contribution in [0, 0.1) is 20.2 Å². The van der Waals surface area contributed by atoms with E-state index in [9.17, 15) is 20.2 Å². The maximum atomic E-state index is 11.5. The molecule has 0 fully saturated rings. The molecule has 6 heteroatoms. The smallest absolute Gasteiger partial charge is 0.258 e. The fourth-order valence-corrected chi connectivity index (χ4v) is 3.50. The highest BCUT2D eigenvalue weighted by Gasteiger charge is 2.19. The fourth-order valence-electron chi connectivity index (χ4n) is 3.50. The number of para-hydroxylation sites is 2. The van der Waals surface area contributed by atoms with Gasteiger partial charge in [0.1, 0.15) is 0 Å². The maximum Gasteiger partial charge on any atom is 0.277 e. The van der Waals surface area contributed by atoms with E-state index in [1.54, 1.807) is 36.4 Å². The van der Waals surface area contributed by atoms with E-state index in [0.717, 1.165) is 10.8 Å². The number of nitrogens with zero attached hydrogens (tertiary/aromatic N) is 2. The predicted octanol–water partition coefficient (Wildman–Crippen LogP) is 5.99. The number of nitro benzene ring substituents is 2. The van der Waals surface area contributed by atoms with E-state index in [0.29, 0.717) is 22.3 Å². The van der Waals surface area contributed by atoms with Crippen LogP contribution in [0.25, 0.3) is 33.0 Å². The molecule has 0 radical (unpaired) electrons. The molecule has 0 aliphatic heterocycles. The molecule has 0 spiro atoms. The first-order valence-corrected chi connectivity index (χ1v) is 8.57. The second-order valence-corrected chi connectivity index (χ2v) is 6.25. The average Bonchev–Trinajstić information content (AvgIpc) is 2.72. The number of rotatable bonds is 4. The quantitative estimate of drug-likeness (QED) is 0.326. The van der Waals surface area contributed by atoms with Crippen molar-refractivity contribution in [2.75, 3.05) is 0 Å². The zero-order valence-electron chi connectivity index (χ0n) is 14.6. The van der Waals surface area contributed by atoms with Crippen LogP contribution in [0.4, 0.5) is 11.4 Å². The molecule has 0 saturated carbocycles. The molecule has 0 atom stereocenters. The predicted molar refractivity (Wildman–Crippen MR) is 108 cm³/mol. The van der Waals surface area contributed by atoms with Crippen LogP contribution in [-0.4, -0.2) is 9.85 Å². The third-order valence-electron chi connectivity index (χ3n) is 4.70. The van der Waals surface area contributed by atoms with Gasteiger partial charge >= 0.3 is 0 Å². The monoisotopic (exact) mass is 370 g/mol. The molecule has 0 heterocycles. The average molecular weight is 370 g/mol. The first-order valence-electron chi connectivity index (χ1n) is 8.57. The lowest BCUT2D eigenvalue weighted by atomic mass is 9.92. The second kappa shape index (κ2) is 6.92. The Morgan fingerprint density at radius 2 is 0.821 bits per heavy atom. The van der Waals surface area contributed by atoms with Gasteiger partial charge in [-0.25, -0.2) is 0 Å². The van der Waals surface area contributed by atoms with Crippen LogP contribution < -0.4 is 0 Å². The third-order valence-corrected chi connectivity index (χ3v) is 4.70. The Morgan fingerprint density at radius 1 is 0.464 bits per heavy atom. The van der Waals surface area contributed by atoms with Crippen molar-refractivity contribution in [1.82, 2.24) is 0 Å². The van der Waals surface area contributed by atoms with Crippen molar-refractivity contribution in [2.45, 2.75) is 0 Å². The Morgan fingerprint density at radius 3 is 1.21 bits per heavy atom. The highest BCUT2D eigenvalue weighted by Crippen LogP contribution is 2.40. The van der Waals surface area contributed by atoms with Crippen LogP contribution in [0.3, 0.4) is 0 Å². The molecule has 0 aromatic heterocycles.